The fourth-order valence-corrected chi connectivity index (χ4v) is 14.2. The van der Waals surface area contributed by atoms with Gasteiger partial charge in [-0.1, -0.05) is 201 Å². The molecular weight excluding hydrogens is 1110 g/mol. The van der Waals surface area contributed by atoms with Gasteiger partial charge < -0.3 is 18.8 Å². The van der Waals surface area contributed by atoms with Gasteiger partial charge in [0, 0.05) is 27.7 Å². The number of halogens is 2. The molecular formula is C84H55F2NO3. The quantitative estimate of drug-likeness (QED) is 0.109. The molecule has 0 radical (unpaired) electrons. The summed E-state index contributed by atoms with van der Waals surface area (Å²) in [4.78, 5) is 2.38. The average molecular weight is 1160 g/mol. The van der Waals surface area contributed by atoms with Crippen LogP contribution >= 0.6 is 0 Å². The molecule has 1 heterocycles. The summed E-state index contributed by atoms with van der Waals surface area (Å²) in [6.07, 6.45) is 3.62. The summed E-state index contributed by atoms with van der Waals surface area (Å²) in [6, 6.07) is 100. The monoisotopic (exact) mass is 1160 g/mol. The van der Waals surface area contributed by atoms with Crippen molar-refractivity contribution in [2.75, 3.05) is 4.90 Å². The van der Waals surface area contributed by atoms with Crippen LogP contribution in [-0.2, 0) is 10.8 Å². The van der Waals surface area contributed by atoms with Crippen LogP contribution in [-0.4, -0.2) is 0 Å². The lowest BCUT2D eigenvalue weighted by Crippen LogP contribution is -2.29. The number of fused-ring (bicyclic) bond motifs is 9. The largest absolute Gasteiger partial charge is 0.457 e. The summed E-state index contributed by atoms with van der Waals surface area (Å²) in [7, 11) is 0. The van der Waals surface area contributed by atoms with Crippen LogP contribution in [0.5, 0.6) is 23.0 Å². The Morgan fingerprint density at radius 2 is 0.722 bits per heavy atom. The average Bonchev–Trinajstić information content (AvgIpc) is 1.87. The summed E-state index contributed by atoms with van der Waals surface area (Å²) in [5.41, 5.74) is 18.8. The van der Waals surface area contributed by atoms with E-state index in [1.165, 1.54) is 0 Å². The van der Waals surface area contributed by atoms with Crippen molar-refractivity contribution in [3.8, 4) is 56.4 Å². The SMILES string of the molecule is C=Cc1ccc(Oc2ccc(C3(c4ccc(F)cc4)c4ccccc4-c4ccc(N(c5ccc6c(c5)C(c5ccc(F)cc5)(c5ccc(Oc7ccc(C=C)cc7)cc5)c5ccccc5-6)c5ccccc5-c5ccc6oc7ccccc7c6c5)cc43)cc2)cc1. The predicted octanol–water partition coefficient (Wildman–Crippen LogP) is 22.6. The molecule has 2 aliphatic carbocycles. The van der Waals surface area contributed by atoms with Crippen molar-refractivity contribution in [1.29, 1.82) is 0 Å². The van der Waals surface area contributed by atoms with Gasteiger partial charge in [-0.05, 0) is 205 Å². The third kappa shape index (κ3) is 8.70. The van der Waals surface area contributed by atoms with Gasteiger partial charge >= 0.3 is 0 Å². The molecule has 0 amide bonds. The third-order valence-corrected chi connectivity index (χ3v) is 18.2. The zero-order valence-corrected chi connectivity index (χ0v) is 48.8. The standard InChI is InChI=1S/C84H55F2NO3/c1-3-54-21-40-65(41-22-54)88-67-44-30-59(31-45-67)83(57-26-34-61(85)35-27-57)76-17-9-5-14-70(76)72-48-38-63(52-78(72)83)87(80-19-11-7-13-69(80)56-25-50-82-75(51-56)74-16-8-12-20-81(74)90-82)64-39-49-73-71-15-6-10-18-77(71)84(79(73)53-64,58-28-36-62(86)37-29-58)60-32-46-68(47-33-60)89-66-42-23-55(4-2)24-43-66/h3-53H,1-2H2. The van der Waals surface area contributed by atoms with Crippen LogP contribution in [0.2, 0.25) is 0 Å². The number of rotatable bonds is 14. The van der Waals surface area contributed by atoms with Crippen molar-refractivity contribution in [1.82, 2.24) is 0 Å². The van der Waals surface area contributed by atoms with Crippen molar-refractivity contribution in [3.05, 3.63) is 378 Å². The van der Waals surface area contributed by atoms with Gasteiger partial charge in [-0.25, -0.2) is 8.78 Å². The second kappa shape index (κ2) is 21.7. The Labute approximate surface area is 520 Å². The van der Waals surface area contributed by atoms with E-state index in [2.05, 4.69) is 176 Å². The van der Waals surface area contributed by atoms with Crippen molar-refractivity contribution in [2.45, 2.75) is 10.8 Å². The Hall–Kier alpha value is -11.6. The number of hydrogen-bond donors (Lipinski definition) is 0. The minimum Gasteiger partial charge on any atom is -0.457 e. The molecule has 0 saturated carbocycles. The molecule has 0 aliphatic heterocycles. The van der Waals surface area contributed by atoms with Crippen molar-refractivity contribution >= 4 is 51.2 Å². The Morgan fingerprint density at radius 1 is 0.333 bits per heavy atom. The van der Waals surface area contributed by atoms with E-state index in [-0.39, 0.29) is 11.6 Å². The maximum Gasteiger partial charge on any atom is 0.135 e. The minimum atomic E-state index is -0.930. The molecule has 13 aromatic carbocycles. The van der Waals surface area contributed by atoms with E-state index in [1.54, 1.807) is 24.3 Å². The molecule has 16 rings (SSSR count). The number of furan rings is 1. The zero-order valence-electron chi connectivity index (χ0n) is 48.8. The Balaban J connectivity index is 0.929. The van der Waals surface area contributed by atoms with Gasteiger partial charge in [0.15, 0.2) is 0 Å². The molecule has 2 aliphatic rings. The molecule has 0 bridgehead atoms. The normalized spacial score (nSPS) is 15.2. The third-order valence-electron chi connectivity index (χ3n) is 18.2. The van der Waals surface area contributed by atoms with Crippen LogP contribution in [0.1, 0.15) is 55.6 Å². The van der Waals surface area contributed by atoms with Crippen LogP contribution in [0.15, 0.2) is 315 Å². The summed E-state index contributed by atoms with van der Waals surface area (Å²) < 4.78 is 50.1. The first-order valence-electron chi connectivity index (χ1n) is 30.1. The van der Waals surface area contributed by atoms with Gasteiger partial charge in [-0.15, -0.1) is 0 Å². The van der Waals surface area contributed by atoms with Crippen molar-refractivity contribution < 1.29 is 22.7 Å². The van der Waals surface area contributed by atoms with Crippen molar-refractivity contribution in [3.63, 3.8) is 0 Å². The number of anilines is 3. The van der Waals surface area contributed by atoms with E-state index < -0.39 is 10.8 Å². The first-order chi connectivity index (χ1) is 44.3. The van der Waals surface area contributed by atoms with Crippen molar-refractivity contribution in [2.24, 2.45) is 0 Å². The molecule has 2 atom stereocenters. The van der Waals surface area contributed by atoms with Crippen LogP contribution in [0, 0.1) is 11.6 Å². The highest BCUT2D eigenvalue weighted by Gasteiger charge is 2.48. The summed E-state index contributed by atoms with van der Waals surface area (Å²) >= 11 is 0. The maximum atomic E-state index is 15.4. The highest BCUT2D eigenvalue weighted by Crippen LogP contribution is 2.60. The fourth-order valence-electron chi connectivity index (χ4n) is 14.2. The van der Waals surface area contributed by atoms with Crippen LogP contribution in [0.25, 0.3) is 67.5 Å². The van der Waals surface area contributed by atoms with E-state index in [1.807, 2.05) is 127 Å². The highest BCUT2D eigenvalue weighted by molar-refractivity contribution is 6.07. The van der Waals surface area contributed by atoms with Crippen LogP contribution < -0.4 is 14.4 Å². The van der Waals surface area contributed by atoms with E-state index in [0.717, 1.165) is 128 Å². The first-order valence-corrected chi connectivity index (χ1v) is 30.1. The molecule has 4 nitrogen and oxygen atoms in total. The molecule has 0 fully saturated rings. The second-order valence-corrected chi connectivity index (χ2v) is 23.0. The smallest absolute Gasteiger partial charge is 0.135 e. The fraction of sp³-hybridized carbons (Fsp3) is 0.0238. The maximum absolute atomic E-state index is 15.4. The Bertz CT molecular complexity index is 4860. The molecule has 6 heteroatoms. The van der Waals surface area contributed by atoms with E-state index in [0.29, 0.717) is 23.0 Å². The lowest BCUT2D eigenvalue weighted by atomic mass is 9.67. The summed E-state index contributed by atoms with van der Waals surface area (Å²) in [5, 5.41) is 2.06. The second-order valence-electron chi connectivity index (χ2n) is 23.0. The lowest BCUT2D eigenvalue weighted by Gasteiger charge is -2.36. The lowest BCUT2D eigenvalue weighted by molar-refractivity contribution is 0.482. The first kappa shape index (κ1) is 53.8. The van der Waals surface area contributed by atoms with Crippen LogP contribution in [0.4, 0.5) is 25.8 Å². The van der Waals surface area contributed by atoms with E-state index in [9.17, 15) is 0 Å². The van der Waals surface area contributed by atoms with Gasteiger partial charge in [-0.2, -0.15) is 0 Å². The van der Waals surface area contributed by atoms with Gasteiger partial charge in [-0.3, -0.25) is 0 Å². The predicted molar refractivity (Wildman–Crippen MR) is 362 cm³/mol. The van der Waals surface area contributed by atoms with Gasteiger partial charge in [0.1, 0.15) is 45.8 Å². The molecule has 2 unspecified atom stereocenters. The molecule has 14 aromatic rings. The molecule has 428 valence electrons. The number of benzene rings is 13. The van der Waals surface area contributed by atoms with Gasteiger partial charge in [0.25, 0.3) is 0 Å². The summed E-state index contributed by atoms with van der Waals surface area (Å²) in [5.74, 6) is 2.14. The molecule has 0 N–H and O–H groups in total. The minimum absolute atomic E-state index is 0.320. The summed E-state index contributed by atoms with van der Waals surface area (Å²) in [6.45, 7) is 7.84. The molecule has 0 saturated heterocycles. The van der Waals surface area contributed by atoms with Gasteiger partial charge in [0.05, 0.1) is 16.5 Å². The highest BCUT2D eigenvalue weighted by atomic mass is 19.1. The molecule has 1 aromatic heterocycles. The Kier molecular flexibility index (Phi) is 13.0. The van der Waals surface area contributed by atoms with Crippen LogP contribution in [0.3, 0.4) is 0 Å². The zero-order chi connectivity index (χ0) is 60.5. The van der Waals surface area contributed by atoms with E-state index >= 15 is 8.78 Å². The molecule has 0 spiro atoms. The number of ether oxygens (including phenoxy) is 2. The van der Waals surface area contributed by atoms with E-state index in [4.69, 9.17) is 13.9 Å². The number of hydrogen-bond acceptors (Lipinski definition) is 4. The molecule has 90 heavy (non-hydrogen) atoms. The number of para-hydroxylation sites is 2. The topological polar surface area (TPSA) is 34.8 Å². The number of nitrogens with zero attached hydrogens (tertiary/aromatic N) is 1. The Morgan fingerprint density at radius 3 is 1.20 bits per heavy atom. The van der Waals surface area contributed by atoms with Gasteiger partial charge in [0.2, 0.25) is 0 Å².